The summed E-state index contributed by atoms with van der Waals surface area (Å²) in [6.07, 6.45) is 10.7. The van der Waals surface area contributed by atoms with Gasteiger partial charge in [0, 0.05) is 13.2 Å². The van der Waals surface area contributed by atoms with Crippen LogP contribution in [0.25, 0.3) is 0 Å². The van der Waals surface area contributed by atoms with Gasteiger partial charge < -0.3 is 9.47 Å². The van der Waals surface area contributed by atoms with E-state index in [-0.39, 0.29) is 6.29 Å². The maximum Gasteiger partial charge on any atom is 0.157 e. The minimum absolute atomic E-state index is 0.0317. The van der Waals surface area contributed by atoms with Crippen molar-refractivity contribution in [3.63, 3.8) is 0 Å². The molecule has 1 aliphatic heterocycles. The second-order valence-electron chi connectivity index (χ2n) is 3.73. The number of carbonyl (C=O) groups excluding carboxylic acids is 1. The fourth-order valence-electron chi connectivity index (χ4n) is 1.57. The summed E-state index contributed by atoms with van der Waals surface area (Å²) >= 11 is 0. The summed E-state index contributed by atoms with van der Waals surface area (Å²) in [6, 6.07) is 0. The van der Waals surface area contributed by atoms with Crippen LogP contribution in [0.5, 0.6) is 0 Å². The smallest absolute Gasteiger partial charge is 0.157 e. The predicted molar refractivity (Wildman–Crippen MR) is 58.6 cm³/mol. The molecule has 0 N–H and O–H groups in total. The molecule has 86 valence electrons. The van der Waals surface area contributed by atoms with Crippen molar-refractivity contribution in [2.75, 3.05) is 13.2 Å². The van der Waals surface area contributed by atoms with Gasteiger partial charge in [-0.1, -0.05) is 6.08 Å². The minimum atomic E-state index is 0.0317. The van der Waals surface area contributed by atoms with E-state index in [2.05, 4.69) is 0 Å². The number of ether oxygens (including phenoxy) is 2. The summed E-state index contributed by atoms with van der Waals surface area (Å²) in [5.74, 6) is 0. The maximum atomic E-state index is 9.97. The Labute approximate surface area is 91.4 Å². The molecule has 1 unspecified atom stereocenters. The number of rotatable bonds is 7. The molecular weight excluding hydrogens is 192 g/mol. The van der Waals surface area contributed by atoms with Crippen LogP contribution in [0.1, 0.15) is 38.5 Å². The van der Waals surface area contributed by atoms with E-state index in [9.17, 15) is 4.79 Å². The summed E-state index contributed by atoms with van der Waals surface area (Å²) in [7, 11) is 0. The number of carbonyl (C=O) groups is 1. The van der Waals surface area contributed by atoms with Crippen LogP contribution in [-0.2, 0) is 14.3 Å². The molecule has 0 bridgehead atoms. The lowest BCUT2D eigenvalue weighted by Gasteiger charge is -2.22. The number of aldehydes is 1. The average molecular weight is 212 g/mol. The topological polar surface area (TPSA) is 35.5 Å². The van der Waals surface area contributed by atoms with Crippen molar-refractivity contribution < 1.29 is 14.3 Å². The van der Waals surface area contributed by atoms with Crippen LogP contribution in [0.15, 0.2) is 12.2 Å². The Kier molecular flexibility index (Phi) is 7.13. The zero-order chi connectivity index (χ0) is 10.8. The molecule has 0 aromatic carbocycles. The normalized spacial score (nSPS) is 22.0. The molecule has 1 atom stereocenters. The van der Waals surface area contributed by atoms with Gasteiger partial charge in [-0.2, -0.15) is 0 Å². The number of allylic oxidation sites excluding steroid dienone is 2. The Morgan fingerprint density at radius 2 is 2.27 bits per heavy atom. The van der Waals surface area contributed by atoms with Crippen LogP contribution >= 0.6 is 0 Å². The van der Waals surface area contributed by atoms with Crippen molar-refractivity contribution in [1.29, 1.82) is 0 Å². The lowest BCUT2D eigenvalue weighted by Crippen LogP contribution is -2.22. The zero-order valence-corrected chi connectivity index (χ0v) is 9.19. The van der Waals surface area contributed by atoms with Gasteiger partial charge in [0.15, 0.2) is 6.29 Å². The molecule has 1 heterocycles. The summed E-state index contributed by atoms with van der Waals surface area (Å²) in [4.78, 5) is 9.97. The molecule has 1 saturated heterocycles. The van der Waals surface area contributed by atoms with Crippen LogP contribution in [0, 0.1) is 0 Å². The molecular formula is C12H20O3. The van der Waals surface area contributed by atoms with Gasteiger partial charge >= 0.3 is 0 Å². The quantitative estimate of drug-likeness (QED) is 0.369. The molecule has 0 saturated carbocycles. The van der Waals surface area contributed by atoms with Gasteiger partial charge in [0.1, 0.15) is 6.29 Å². The molecule has 1 aliphatic rings. The van der Waals surface area contributed by atoms with Crippen molar-refractivity contribution in [1.82, 2.24) is 0 Å². The predicted octanol–water partition coefficient (Wildman–Crippen LogP) is 2.46. The third-order valence-electron chi connectivity index (χ3n) is 2.42. The number of hydrogen-bond acceptors (Lipinski definition) is 3. The molecule has 0 aromatic heterocycles. The van der Waals surface area contributed by atoms with E-state index in [1.54, 1.807) is 6.08 Å². The first-order valence-corrected chi connectivity index (χ1v) is 5.77. The first kappa shape index (κ1) is 12.4. The van der Waals surface area contributed by atoms with Gasteiger partial charge in [-0.3, -0.25) is 4.79 Å². The van der Waals surface area contributed by atoms with Gasteiger partial charge in [-0.25, -0.2) is 0 Å². The molecule has 0 aromatic rings. The highest BCUT2D eigenvalue weighted by Gasteiger charge is 2.12. The molecule has 0 spiro atoms. The van der Waals surface area contributed by atoms with E-state index in [4.69, 9.17) is 9.47 Å². The van der Waals surface area contributed by atoms with Gasteiger partial charge in [0.25, 0.3) is 0 Å². The first-order chi connectivity index (χ1) is 7.43. The fraction of sp³-hybridized carbons (Fsp3) is 0.750. The van der Waals surface area contributed by atoms with E-state index < -0.39 is 0 Å². The Hall–Kier alpha value is -0.670. The standard InChI is InChI=1S/C12H20O3/c13-9-5-2-1-3-6-10-14-12-8-4-7-11-15-12/h2,5,9,12H,1,3-4,6-8,10-11H2/b5-2-. The van der Waals surface area contributed by atoms with Crippen molar-refractivity contribution >= 4 is 6.29 Å². The van der Waals surface area contributed by atoms with E-state index in [0.717, 1.165) is 51.6 Å². The molecule has 0 amide bonds. The van der Waals surface area contributed by atoms with Gasteiger partial charge in [0.05, 0.1) is 0 Å². The van der Waals surface area contributed by atoms with E-state index in [0.29, 0.717) is 0 Å². The Morgan fingerprint density at radius 3 is 3.00 bits per heavy atom. The Balaban J connectivity index is 1.87. The molecule has 3 heteroatoms. The lowest BCUT2D eigenvalue weighted by atomic mass is 10.2. The van der Waals surface area contributed by atoms with E-state index in [1.807, 2.05) is 6.08 Å². The van der Waals surface area contributed by atoms with Gasteiger partial charge in [0.2, 0.25) is 0 Å². The molecule has 0 aliphatic carbocycles. The molecule has 15 heavy (non-hydrogen) atoms. The van der Waals surface area contributed by atoms with Gasteiger partial charge in [-0.15, -0.1) is 0 Å². The SMILES string of the molecule is O=C/C=C\CCCCOC1CCCCO1. The molecule has 3 nitrogen and oxygen atoms in total. The fourth-order valence-corrected chi connectivity index (χ4v) is 1.57. The first-order valence-electron chi connectivity index (χ1n) is 5.77. The highest BCUT2D eigenvalue weighted by Crippen LogP contribution is 2.14. The van der Waals surface area contributed by atoms with Crippen molar-refractivity contribution in [2.24, 2.45) is 0 Å². The zero-order valence-electron chi connectivity index (χ0n) is 9.19. The van der Waals surface area contributed by atoms with Crippen molar-refractivity contribution in [3.05, 3.63) is 12.2 Å². The van der Waals surface area contributed by atoms with Crippen LogP contribution in [-0.4, -0.2) is 25.8 Å². The van der Waals surface area contributed by atoms with Crippen LogP contribution in [0.2, 0.25) is 0 Å². The molecule has 1 rings (SSSR count). The lowest BCUT2D eigenvalue weighted by molar-refractivity contribution is -0.162. The van der Waals surface area contributed by atoms with Crippen LogP contribution in [0.3, 0.4) is 0 Å². The van der Waals surface area contributed by atoms with E-state index >= 15 is 0 Å². The summed E-state index contributed by atoms with van der Waals surface area (Å²) < 4.78 is 11.0. The van der Waals surface area contributed by atoms with E-state index in [1.165, 1.54) is 6.42 Å². The average Bonchev–Trinajstić information content (AvgIpc) is 2.29. The molecule has 0 radical (unpaired) electrons. The number of unbranched alkanes of at least 4 members (excludes halogenated alkanes) is 2. The summed E-state index contributed by atoms with van der Waals surface area (Å²) in [5, 5.41) is 0. The Bertz CT molecular complexity index is 183. The second-order valence-corrected chi connectivity index (χ2v) is 3.73. The third-order valence-corrected chi connectivity index (χ3v) is 2.42. The summed E-state index contributed by atoms with van der Waals surface area (Å²) in [5.41, 5.74) is 0. The van der Waals surface area contributed by atoms with Crippen LogP contribution < -0.4 is 0 Å². The Morgan fingerprint density at radius 1 is 1.33 bits per heavy atom. The largest absolute Gasteiger partial charge is 0.353 e. The monoisotopic (exact) mass is 212 g/mol. The maximum absolute atomic E-state index is 9.97. The second kappa shape index (κ2) is 8.62. The highest BCUT2D eigenvalue weighted by molar-refractivity contribution is 5.64. The summed E-state index contributed by atoms with van der Waals surface area (Å²) in [6.45, 7) is 1.60. The van der Waals surface area contributed by atoms with Crippen molar-refractivity contribution in [2.45, 2.75) is 44.8 Å². The number of hydrogen-bond donors (Lipinski definition) is 0. The highest BCUT2D eigenvalue weighted by atomic mass is 16.7. The van der Waals surface area contributed by atoms with Crippen molar-refractivity contribution in [3.8, 4) is 0 Å². The molecule has 1 fully saturated rings. The third kappa shape index (κ3) is 6.42. The minimum Gasteiger partial charge on any atom is -0.353 e. The van der Waals surface area contributed by atoms with Gasteiger partial charge in [-0.05, 0) is 44.6 Å². The van der Waals surface area contributed by atoms with Crippen LogP contribution in [0.4, 0.5) is 0 Å².